The van der Waals surface area contributed by atoms with E-state index in [9.17, 15) is 5.26 Å². The van der Waals surface area contributed by atoms with Crippen LogP contribution in [-0.4, -0.2) is 11.8 Å². The first-order chi connectivity index (χ1) is 8.60. The summed E-state index contributed by atoms with van der Waals surface area (Å²) in [5.74, 6) is 0. The maximum Gasteiger partial charge on any atom is 0.114 e. The van der Waals surface area contributed by atoms with Crippen LogP contribution in [0.2, 0.25) is 0 Å². The van der Waals surface area contributed by atoms with Gasteiger partial charge >= 0.3 is 0 Å². The quantitative estimate of drug-likeness (QED) is 0.743. The molecule has 98 valence electrons. The summed E-state index contributed by atoms with van der Waals surface area (Å²) in [5.41, 5.74) is 0. The summed E-state index contributed by atoms with van der Waals surface area (Å²) >= 11 is 5.86. The van der Waals surface area contributed by atoms with E-state index in [0.717, 1.165) is 18.1 Å². The predicted molar refractivity (Wildman–Crippen MR) is 80.9 cm³/mol. The van der Waals surface area contributed by atoms with Crippen LogP contribution in [0.4, 0.5) is 0 Å². The molecule has 0 aliphatic heterocycles. The average molecular weight is 281 g/mol. The molecule has 0 aromatic heterocycles. The molecule has 1 aromatic rings. The third-order valence-corrected chi connectivity index (χ3v) is 8.80. The Labute approximate surface area is 115 Å². The highest BCUT2D eigenvalue weighted by Crippen LogP contribution is 2.61. The van der Waals surface area contributed by atoms with Crippen molar-refractivity contribution in [3.05, 3.63) is 30.3 Å². The molecule has 0 amide bonds. The minimum absolute atomic E-state index is 0.551. The number of nitriles is 1. The standard InChI is InChI=1S/C14H20NOPS/c1-4-14(5-2,12-15)17(18,16-6-3)13-10-8-7-9-11-13/h7-11H,4-6H2,1-3H3. The van der Waals surface area contributed by atoms with Gasteiger partial charge in [-0.15, -0.1) is 0 Å². The molecular formula is C14H20NOPS. The van der Waals surface area contributed by atoms with Crippen LogP contribution < -0.4 is 5.30 Å². The number of hydrogen-bond donors (Lipinski definition) is 0. The molecule has 1 rings (SSSR count). The van der Waals surface area contributed by atoms with E-state index in [4.69, 9.17) is 16.3 Å². The fourth-order valence-electron chi connectivity index (χ4n) is 2.14. The Bertz CT molecular complexity index is 462. The van der Waals surface area contributed by atoms with Crippen LogP contribution in [-0.2, 0) is 16.3 Å². The molecule has 4 heteroatoms. The Hall–Kier alpha value is -0.680. The number of benzene rings is 1. The number of nitrogens with zero attached hydrogens (tertiary/aromatic N) is 1. The maximum atomic E-state index is 9.63. The smallest absolute Gasteiger partial charge is 0.114 e. The zero-order valence-corrected chi connectivity index (χ0v) is 12.9. The van der Waals surface area contributed by atoms with Crippen molar-refractivity contribution >= 4 is 23.4 Å². The Morgan fingerprint density at radius 1 is 1.22 bits per heavy atom. The first kappa shape index (κ1) is 15.4. The van der Waals surface area contributed by atoms with Gasteiger partial charge in [0.05, 0.1) is 6.07 Å². The van der Waals surface area contributed by atoms with E-state index < -0.39 is 11.4 Å². The lowest BCUT2D eigenvalue weighted by atomic mass is 10.1. The van der Waals surface area contributed by atoms with Gasteiger partial charge in [-0.1, -0.05) is 56.0 Å². The largest absolute Gasteiger partial charge is 0.345 e. The van der Waals surface area contributed by atoms with Crippen LogP contribution in [0.3, 0.4) is 0 Å². The third-order valence-electron chi connectivity index (χ3n) is 3.35. The van der Waals surface area contributed by atoms with Gasteiger partial charge in [0.15, 0.2) is 0 Å². The molecule has 0 fully saturated rings. The van der Waals surface area contributed by atoms with Gasteiger partial charge in [0.25, 0.3) is 0 Å². The van der Waals surface area contributed by atoms with E-state index in [-0.39, 0.29) is 0 Å². The van der Waals surface area contributed by atoms with E-state index >= 15 is 0 Å². The van der Waals surface area contributed by atoms with Gasteiger partial charge in [0.1, 0.15) is 11.4 Å². The summed E-state index contributed by atoms with van der Waals surface area (Å²) in [6.45, 7) is 6.54. The highest BCUT2D eigenvalue weighted by atomic mass is 32.4. The van der Waals surface area contributed by atoms with Crippen molar-refractivity contribution in [3.8, 4) is 6.07 Å². The van der Waals surface area contributed by atoms with E-state index in [2.05, 4.69) is 6.07 Å². The number of rotatable bonds is 6. The Morgan fingerprint density at radius 3 is 2.17 bits per heavy atom. The SMILES string of the molecule is CCOP(=S)(c1ccccc1)C(C#N)(CC)CC. The molecule has 0 spiro atoms. The van der Waals surface area contributed by atoms with Crippen molar-refractivity contribution in [1.29, 1.82) is 5.26 Å². The molecule has 0 heterocycles. The average Bonchev–Trinajstić information content (AvgIpc) is 2.42. The third kappa shape index (κ3) is 2.52. The molecule has 0 saturated carbocycles. The summed E-state index contributed by atoms with van der Waals surface area (Å²) in [4.78, 5) is 0. The predicted octanol–water partition coefficient (Wildman–Crippen LogP) is 3.83. The molecule has 18 heavy (non-hydrogen) atoms. The van der Waals surface area contributed by atoms with Crippen LogP contribution in [0.1, 0.15) is 33.6 Å². The summed E-state index contributed by atoms with van der Waals surface area (Å²) in [5, 5.41) is 10.1. The Morgan fingerprint density at radius 2 is 1.78 bits per heavy atom. The Balaban J connectivity index is 3.41. The molecule has 2 nitrogen and oxygen atoms in total. The van der Waals surface area contributed by atoms with Gasteiger partial charge in [-0.25, -0.2) is 0 Å². The van der Waals surface area contributed by atoms with Crippen molar-refractivity contribution in [3.63, 3.8) is 0 Å². The molecule has 1 atom stereocenters. The first-order valence-corrected chi connectivity index (χ1v) is 9.03. The highest BCUT2D eigenvalue weighted by molar-refractivity contribution is 8.16. The molecule has 0 saturated heterocycles. The van der Waals surface area contributed by atoms with Gasteiger partial charge in [-0.2, -0.15) is 5.26 Å². The molecule has 0 bridgehead atoms. The minimum Gasteiger partial charge on any atom is -0.345 e. The molecule has 0 N–H and O–H groups in total. The number of hydrogen-bond acceptors (Lipinski definition) is 3. The molecule has 1 aromatic carbocycles. The molecule has 0 radical (unpaired) electrons. The van der Waals surface area contributed by atoms with Gasteiger partial charge in [-0.3, -0.25) is 0 Å². The fraction of sp³-hybridized carbons (Fsp3) is 0.500. The summed E-state index contributed by atoms with van der Waals surface area (Å²) < 4.78 is 5.96. The van der Waals surface area contributed by atoms with Gasteiger partial charge in [0, 0.05) is 11.9 Å². The van der Waals surface area contributed by atoms with Crippen molar-refractivity contribution in [2.75, 3.05) is 6.61 Å². The van der Waals surface area contributed by atoms with Gasteiger partial charge < -0.3 is 4.52 Å². The normalized spacial score (nSPS) is 14.8. The van der Waals surface area contributed by atoms with Crippen LogP contribution in [0.5, 0.6) is 0 Å². The topological polar surface area (TPSA) is 33.0 Å². The van der Waals surface area contributed by atoms with Crippen molar-refractivity contribution in [1.82, 2.24) is 0 Å². The van der Waals surface area contributed by atoms with Gasteiger partial charge in [-0.05, 0) is 19.8 Å². The van der Waals surface area contributed by atoms with Crippen molar-refractivity contribution < 1.29 is 4.52 Å². The van der Waals surface area contributed by atoms with E-state index in [1.807, 2.05) is 51.1 Å². The first-order valence-electron chi connectivity index (χ1n) is 6.31. The lowest BCUT2D eigenvalue weighted by Gasteiger charge is -2.36. The lowest BCUT2D eigenvalue weighted by Crippen LogP contribution is -2.31. The molecule has 0 aliphatic carbocycles. The minimum atomic E-state index is -2.34. The van der Waals surface area contributed by atoms with Crippen LogP contribution >= 0.6 is 6.26 Å². The van der Waals surface area contributed by atoms with Crippen LogP contribution in [0.15, 0.2) is 30.3 Å². The van der Waals surface area contributed by atoms with Crippen molar-refractivity contribution in [2.45, 2.75) is 38.8 Å². The Kier molecular flexibility index (Phi) is 5.53. The summed E-state index contributed by atoms with van der Waals surface area (Å²) in [6, 6.07) is 12.3. The van der Waals surface area contributed by atoms with E-state index in [1.54, 1.807) is 0 Å². The highest BCUT2D eigenvalue weighted by Gasteiger charge is 2.44. The van der Waals surface area contributed by atoms with E-state index in [0.29, 0.717) is 6.61 Å². The summed E-state index contributed by atoms with van der Waals surface area (Å²) in [7, 11) is 0. The summed E-state index contributed by atoms with van der Waals surface area (Å²) in [6.07, 6.45) is -0.884. The monoisotopic (exact) mass is 281 g/mol. The molecule has 1 unspecified atom stereocenters. The zero-order chi connectivity index (χ0) is 13.6. The molecule has 0 aliphatic rings. The second-order valence-corrected chi connectivity index (χ2v) is 8.43. The van der Waals surface area contributed by atoms with E-state index in [1.165, 1.54) is 0 Å². The second kappa shape index (κ2) is 6.48. The second-order valence-electron chi connectivity index (χ2n) is 4.16. The van der Waals surface area contributed by atoms with Gasteiger partial charge in [0.2, 0.25) is 0 Å². The zero-order valence-electron chi connectivity index (χ0n) is 11.2. The molecular weight excluding hydrogens is 261 g/mol. The lowest BCUT2D eigenvalue weighted by molar-refractivity contribution is 0.365. The van der Waals surface area contributed by atoms with Crippen molar-refractivity contribution in [2.24, 2.45) is 0 Å². The van der Waals surface area contributed by atoms with Crippen LogP contribution in [0, 0.1) is 11.3 Å². The fourth-order valence-corrected chi connectivity index (χ4v) is 6.50. The maximum absolute atomic E-state index is 9.63. The van der Waals surface area contributed by atoms with Crippen LogP contribution in [0.25, 0.3) is 0 Å².